The summed E-state index contributed by atoms with van der Waals surface area (Å²) in [5.74, 6) is 0. The summed E-state index contributed by atoms with van der Waals surface area (Å²) >= 11 is 1.60. The van der Waals surface area contributed by atoms with E-state index in [1.807, 2.05) is 30.6 Å². The molecule has 4 aromatic rings. The number of rotatable bonds is 3. The van der Waals surface area contributed by atoms with Gasteiger partial charge >= 0.3 is 0 Å². The van der Waals surface area contributed by atoms with E-state index in [4.69, 9.17) is 10.2 Å². The summed E-state index contributed by atoms with van der Waals surface area (Å²) in [7, 11) is 2.04. The lowest BCUT2D eigenvalue weighted by atomic mass is 10.1. The number of nitrogens with zero attached hydrogens (tertiary/aromatic N) is 3. The average molecular weight is 341 g/mol. The summed E-state index contributed by atoms with van der Waals surface area (Å²) in [5.41, 5.74) is 3.64. The molecule has 1 aromatic heterocycles. The van der Waals surface area contributed by atoms with Crippen molar-refractivity contribution in [2.75, 3.05) is 11.9 Å². The molecule has 0 fully saturated rings. The summed E-state index contributed by atoms with van der Waals surface area (Å²) in [6.45, 7) is 0. The second-order valence-corrected chi connectivity index (χ2v) is 6.60. The Morgan fingerprint density at radius 2 is 1.80 bits per heavy atom. The fourth-order valence-electron chi connectivity index (χ4n) is 2.90. The molecule has 25 heavy (non-hydrogen) atoms. The molecule has 0 saturated heterocycles. The third-order valence-electron chi connectivity index (χ3n) is 4.19. The fraction of sp³-hybridized carbons (Fsp3) is 0.0476. The highest BCUT2D eigenvalue weighted by molar-refractivity contribution is 7.14. The van der Waals surface area contributed by atoms with Crippen LogP contribution in [0.15, 0.2) is 72.1 Å². The van der Waals surface area contributed by atoms with Crippen LogP contribution in [0.25, 0.3) is 22.0 Å². The van der Waals surface area contributed by atoms with E-state index in [-0.39, 0.29) is 0 Å². The van der Waals surface area contributed by atoms with Crippen molar-refractivity contribution in [1.29, 1.82) is 5.26 Å². The van der Waals surface area contributed by atoms with Crippen molar-refractivity contribution in [3.63, 3.8) is 0 Å². The molecule has 0 aliphatic heterocycles. The van der Waals surface area contributed by atoms with Crippen molar-refractivity contribution in [3.05, 3.63) is 77.7 Å². The lowest BCUT2D eigenvalue weighted by molar-refractivity contribution is 1.18. The van der Waals surface area contributed by atoms with E-state index in [9.17, 15) is 0 Å². The third kappa shape index (κ3) is 2.86. The van der Waals surface area contributed by atoms with Crippen molar-refractivity contribution in [1.82, 2.24) is 4.98 Å². The molecule has 0 aliphatic carbocycles. The minimum absolute atomic E-state index is 0.648. The Labute approximate surface area is 150 Å². The first kappa shape index (κ1) is 15.4. The monoisotopic (exact) mass is 341 g/mol. The van der Waals surface area contributed by atoms with E-state index in [2.05, 4.69) is 53.4 Å². The predicted molar refractivity (Wildman–Crippen MR) is 104 cm³/mol. The first-order valence-electron chi connectivity index (χ1n) is 7.94. The topological polar surface area (TPSA) is 39.9 Å². The Bertz CT molecular complexity index is 1090. The quantitative estimate of drug-likeness (QED) is 0.487. The highest BCUT2D eigenvalue weighted by Crippen LogP contribution is 2.34. The molecule has 0 spiro atoms. The van der Waals surface area contributed by atoms with Gasteiger partial charge in [-0.2, -0.15) is 5.26 Å². The zero-order chi connectivity index (χ0) is 17.2. The van der Waals surface area contributed by atoms with Gasteiger partial charge in [-0.25, -0.2) is 4.98 Å². The summed E-state index contributed by atoms with van der Waals surface area (Å²) < 4.78 is 0. The lowest BCUT2D eigenvalue weighted by Gasteiger charge is -2.18. The number of aromatic nitrogens is 1. The first-order chi connectivity index (χ1) is 12.3. The summed E-state index contributed by atoms with van der Waals surface area (Å²) in [6.07, 6.45) is 0. The highest BCUT2D eigenvalue weighted by Gasteiger charge is 2.12. The van der Waals surface area contributed by atoms with Crippen LogP contribution >= 0.6 is 11.3 Å². The van der Waals surface area contributed by atoms with Gasteiger partial charge in [-0.1, -0.05) is 48.5 Å². The normalized spacial score (nSPS) is 10.6. The van der Waals surface area contributed by atoms with Crippen molar-refractivity contribution < 1.29 is 0 Å². The van der Waals surface area contributed by atoms with Gasteiger partial charge in [0, 0.05) is 23.4 Å². The molecule has 3 aromatic carbocycles. The Kier molecular flexibility index (Phi) is 3.93. The maximum atomic E-state index is 9.08. The molecule has 0 radical (unpaired) electrons. The van der Waals surface area contributed by atoms with Gasteiger partial charge < -0.3 is 4.90 Å². The van der Waals surface area contributed by atoms with E-state index >= 15 is 0 Å². The second-order valence-electron chi connectivity index (χ2n) is 5.77. The third-order valence-corrected chi connectivity index (χ3v) is 5.11. The van der Waals surface area contributed by atoms with Crippen molar-refractivity contribution in [2.45, 2.75) is 0 Å². The van der Waals surface area contributed by atoms with Crippen LogP contribution in [0, 0.1) is 11.3 Å². The SMILES string of the molecule is CN(c1nc(-c2cccc(C#N)c2)cs1)c1cccc2ccccc12. The van der Waals surface area contributed by atoms with Crippen LogP contribution in [0.4, 0.5) is 10.8 Å². The van der Waals surface area contributed by atoms with E-state index in [1.54, 1.807) is 17.4 Å². The molecule has 4 rings (SSSR count). The van der Waals surface area contributed by atoms with Crippen molar-refractivity contribution in [3.8, 4) is 17.3 Å². The minimum Gasteiger partial charge on any atom is -0.320 e. The molecule has 4 heteroatoms. The van der Waals surface area contributed by atoms with Crippen LogP contribution < -0.4 is 4.90 Å². The molecule has 1 heterocycles. The van der Waals surface area contributed by atoms with Gasteiger partial charge in [0.15, 0.2) is 5.13 Å². The molecule has 0 N–H and O–H groups in total. The molecule has 0 unspecified atom stereocenters. The molecule has 0 atom stereocenters. The lowest BCUT2D eigenvalue weighted by Crippen LogP contribution is -2.09. The van der Waals surface area contributed by atoms with E-state index in [0.717, 1.165) is 22.1 Å². The Morgan fingerprint density at radius 1 is 1.00 bits per heavy atom. The summed E-state index contributed by atoms with van der Waals surface area (Å²) in [5, 5.41) is 14.5. The first-order valence-corrected chi connectivity index (χ1v) is 8.82. The number of hydrogen-bond acceptors (Lipinski definition) is 4. The van der Waals surface area contributed by atoms with E-state index < -0.39 is 0 Å². The number of hydrogen-bond donors (Lipinski definition) is 0. The van der Waals surface area contributed by atoms with Crippen LogP contribution in [-0.2, 0) is 0 Å². The zero-order valence-electron chi connectivity index (χ0n) is 13.7. The molecule has 0 aliphatic rings. The van der Waals surface area contributed by atoms with Gasteiger partial charge in [0.05, 0.1) is 23.0 Å². The fourth-order valence-corrected chi connectivity index (χ4v) is 3.72. The maximum Gasteiger partial charge on any atom is 0.190 e. The number of benzene rings is 3. The average Bonchev–Trinajstić information content (AvgIpc) is 3.17. The molecule has 0 saturated carbocycles. The Hall–Kier alpha value is -3.16. The van der Waals surface area contributed by atoms with Gasteiger partial charge in [-0.3, -0.25) is 0 Å². The van der Waals surface area contributed by atoms with Gasteiger partial charge in [0.1, 0.15) is 0 Å². The molecule has 0 amide bonds. The van der Waals surface area contributed by atoms with Gasteiger partial charge in [0.2, 0.25) is 0 Å². The Balaban J connectivity index is 1.73. The minimum atomic E-state index is 0.648. The number of nitriles is 1. The predicted octanol–water partition coefficient (Wildman–Crippen LogP) is 5.60. The molecule has 120 valence electrons. The van der Waals surface area contributed by atoms with Crippen molar-refractivity contribution >= 4 is 32.9 Å². The Morgan fingerprint density at radius 3 is 2.68 bits per heavy atom. The smallest absolute Gasteiger partial charge is 0.190 e. The van der Waals surface area contributed by atoms with E-state index in [1.165, 1.54) is 10.8 Å². The van der Waals surface area contributed by atoms with Crippen LogP contribution in [-0.4, -0.2) is 12.0 Å². The van der Waals surface area contributed by atoms with Crippen molar-refractivity contribution in [2.24, 2.45) is 0 Å². The maximum absolute atomic E-state index is 9.08. The zero-order valence-corrected chi connectivity index (χ0v) is 14.5. The summed E-state index contributed by atoms with van der Waals surface area (Å²) in [6, 6.07) is 24.4. The molecular formula is C21H15N3S. The largest absolute Gasteiger partial charge is 0.320 e. The van der Waals surface area contributed by atoms with Gasteiger partial charge in [0.25, 0.3) is 0 Å². The molecular weight excluding hydrogens is 326 g/mol. The number of fused-ring (bicyclic) bond motifs is 1. The van der Waals surface area contributed by atoms with Gasteiger partial charge in [-0.05, 0) is 23.6 Å². The molecule has 3 nitrogen and oxygen atoms in total. The standard InChI is InChI=1S/C21H15N3S/c1-24(20-11-5-8-16-7-2-3-10-18(16)20)21-23-19(14-25-21)17-9-4-6-15(12-17)13-22/h2-12,14H,1H3. The van der Waals surface area contributed by atoms with Crippen LogP contribution in [0.3, 0.4) is 0 Å². The number of thiazole rings is 1. The number of anilines is 2. The summed E-state index contributed by atoms with van der Waals surface area (Å²) in [4.78, 5) is 6.89. The molecule has 0 bridgehead atoms. The second kappa shape index (κ2) is 6.39. The van der Waals surface area contributed by atoms with Crippen LogP contribution in [0.5, 0.6) is 0 Å². The van der Waals surface area contributed by atoms with Crippen LogP contribution in [0.2, 0.25) is 0 Å². The highest BCUT2D eigenvalue weighted by atomic mass is 32.1. The van der Waals surface area contributed by atoms with Gasteiger partial charge in [-0.15, -0.1) is 11.3 Å². The van der Waals surface area contributed by atoms with E-state index in [0.29, 0.717) is 5.56 Å². The van der Waals surface area contributed by atoms with Crippen LogP contribution in [0.1, 0.15) is 5.56 Å².